The Morgan fingerprint density at radius 2 is 2.30 bits per heavy atom. The van der Waals surface area contributed by atoms with Crippen LogP contribution in [0.2, 0.25) is 0 Å². The fourth-order valence-electron chi connectivity index (χ4n) is 0.814. The minimum absolute atomic E-state index is 0.0655. The van der Waals surface area contributed by atoms with Crippen LogP contribution in [0.3, 0.4) is 0 Å². The molecule has 1 rings (SSSR count). The summed E-state index contributed by atoms with van der Waals surface area (Å²) in [6, 6.07) is 0. The molecule has 0 aromatic heterocycles. The van der Waals surface area contributed by atoms with E-state index in [2.05, 4.69) is 31.9 Å². The van der Waals surface area contributed by atoms with Crippen molar-refractivity contribution in [1.82, 2.24) is 0 Å². The van der Waals surface area contributed by atoms with E-state index in [1.165, 1.54) is 0 Å². The number of ether oxygens (including phenoxy) is 1. The molecule has 1 aliphatic heterocycles. The van der Waals surface area contributed by atoms with Gasteiger partial charge in [-0.1, -0.05) is 31.9 Å². The number of cyclic esters (lactones) is 1. The van der Waals surface area contributed by atoms with Gasteiger partial charge in [-0.15, -0.1) is 0 Å². The monoisotopic (exact) mass is 270 g/mol. The number of alkyl halides is 2. The van der Waals surface area contributed by atoms with E-state index in [1.807, 2.05) is 6.92 Å². The zero-order valence-corrected chi connectivity index (χ0v) is 8.74. The third-order valence-electron chi connectivity index (χ3n) is 1.47. The van der Waals surface area contributed by atoms with E-state index in [1.54, 1.807) is 0 Å². The number of hydrogen-bond donors (Lipinski definition) is 0. The summed E-state index contributed by atoms with van der Waals surface area (Å²) >= 11 is 6.45. The Labute approximate surface area is 76.6 Å². The molecule has 0 radical (unpaired) electrons. The number of rotatable bonds is 0. The molecule has 1 unspecified atom stereocenters. The average molecular weight is 272 g/mol. The predicted octanol–water partition coefficient (Wildman–Crippen LogP) is 2.20. The molecular weight excluding hydrogens is 264 g/mol. The highest BCUT2D eigenvalue weighted by Gasteiger charge is 2.39. The van der Waals surface area contributed by atoms with Crippen LogP contribution in [0.4, 0.5) is 0 Å². The Bertz CT molecular complexity index is 156. The van der Waals surface area contributed by atoms with Crippen LogP contribution in [0.1, 0.15) is 19.8 Å². The van der Waals surface area contributed by atoms with Gasteiger partial charge < -0.3 is 4.74 Å². The number of carbonyl (C=O) groups is 1. The third kappa shape index (κ3) is 1.72. The van der Waals surface area contributed by atoms with Crippen molar-refractivity contribution >= 4 is 37.8 Å². The minimum atomic E-state index is -0.619. The first kappa shape index (κ1) is 8.53. The van der Waals surface area contributed by atoms with Crippen LogP contribution in [0.5, 0.6) is 0 Å². The quantitative estimate of drug-likeness (QED) is 0.499. The fourth-order valence-corrected chi connectivity index (χ4v) is 1.46. The van der Waals surface area contributed by atoms with Gasteiger partial charge in [0.2, 0.25) is 0 Å². The third-order valence-corrected chi connectivity index (χ3v) is 2.91. The second-order valence-corrected chi connectivity index (χ2v) is 6.23. The van der Waals surface area contributed by atoms with Gasteiger partial charge in [0.1, 0.15) is 0 Å². The van der Waals surface area contributed by atoms with E-state index < -0.39 is 3.23 Å². The van der Waals surface area contributed by atoms with Gasteiger partial charge in [0.25, 0.3) is 0 Å². The highest BCUT2D eigenvalue weighted by molar-refractivity contribution is 9.25. The number of hydrogen-bond acceptors (Lipinski definition) is 2. The van der Waals surface area contributed by atoms with Crippen molar-refractivity contribution in [3.05, 3.63) is 0 Å². The number of esters is 1. The lowest BCUT2D eigenvalue weighted by Gasteiger charge is -2.28. The van der Waals surface area contributed by atoms with Gasteiger partial charge in [0, 0.05) is 0 Å². The minimum Gasteiger partial charge on any atom is -0.461 e. The molecule has 0 saturated carbocycles. The van der Waals surface area contributed by atoms with Gasteiger partial charge in [-0.25, -0.2) is 4.79 Å². The lowest BCUT2D eigenvalue weighted by molar-refractivity contribution is -0.152. The van der Waals surface area contributed by atoms with Gasteiger partial charge in [0.05, 0.1) is 6.10 Å². The molecule has 0 bridgehead atoms. The second kappa shape index (κ2) is 2.81. The maximum absolute atomic E-state index is 11.0. The molecule has 4 heteroatoms. The highest BCUT2D eigenvalue weighted by Crippen LogP contribution is 2.37. The molecule has 1 saturated heterocycles. The average Bonchev–Trinajstić information content (AvgIpc) is 1.81. The van der Waals surface area contributed by atoms with E-state index >= 15 is 0 Å². The number of carbonyl (C=O) groups excluding carboxylic acids is 1. The molecule has 1 heterocycles. The van der Waals surface area contributed by atoms with Gasteiger partial charge in [0.15, 0.2) is 3.23 Å². The molecule has 1 fully saturated rings. The Hall–Kier alpha value is 0.430. The summed E-state index contributed by atoms with van der Waals surface area (Å²) in [7, 11) is 0. The maximum atomic E-state index is 11.0. The van der Waals surface area contributed by atoms with Gasteiger partial charge in [-0.3, -0.25) is 0 Å². The van der Waals surface area contributed by atoms with Crippen LogP contribution in [-0.2, 0) is 9.53 Å². The van der Waals surface area contributed by atoms with Crippen molar-refractivity contribution in [2.45, 2.75) is 29.1 Å². The highest BCUT2D eigenvalue weighted by atomic mass is 79.9. The molecule has 0 amide bonds. The lowest BCUT2D eigenvalue weighted by Crippen LogP contribution is -2.36. The molecule has 0 aliphatic carbocycles. The van der Waals surface area contributed by atoms with Crippen molar-refractivity contribution in [2.24, 2.45) is 0 Å². The van der Waals surface area contributed by atoms with Crippen LogP contribution in [0, 0.1) is 0 Å². The van der Waals surface area contributed by atoms with Crippen LogP contribution in [0.15, 0.2) is 0 Å². The molecule has 0 aromatic rings. The van der Waals surface area contributed by atoms with Crippen LogP contribution in [0.25, 0.3) is 0 Å². The van der Waals surface area contributed by atoms with E-state index in [4.69, 9.17) is 4.74 Å². The first-order valence-electron chi connectivity index (χ1n) is 3.11. The normalized spacial score (nSPS) is 31.5. The van der Waals surface area contributed by atoms with Gasteiger partial charge in [-0.2, -0.15) is 0 Å². The SMILES string of the molecule is CC1CCC(Br)(Br)C(=O)O1. The van der Waals surface area contributed by atoms with Crippen LogP contribution < -0.4 is 0 Å². The number of halogens is 2. The first-order chi connectivity index (χ1) is 4.52. The lowest BCUT2D eigenvalue weighted by atomic mass is 10.1. The standard InChI is InChI=1S/C6H8Br2O2/c1-4-2-3-6(7,8)5(9)10-4/h4H,2-3H2,1H3. The molecule has 58 valence electrons. The Balaban J connectivity index is 2.61. The van der Waals surface area contributed by atoms with Crippen molar-refractivity contribution in [1.29, 1.82) is 0 Å². The molecular formula is C6H8Br2O2. The first-order valence-corrected chi connectivity index (χ1v) is 4.70. The maximum Gasteiger partial charge on any atom is 0.334 e. The smallest absolute Gasteiger partial charge is 0.334 e. The molecule has 10 heavy (non-hydrogen) atoms. The summed E-state index contributed by atoms with van der Waals surface area (Å²) in [6.45, 7) is 1.90. The predicted molar refractivity (Wildman–Crippen MR) is 45.4 cm³/mol. The zero-order valence-electron chi connectivity index (χ0n) is 5.56. The largest absolute Gasteiger partial charge is 0.461 e. The summed E-state index contributed by atoms with van der Waals surface area (Å²) in [4.78, 5) is 11.0. The molecule has 2 nitrogen and oxygen atoms in total. The van der Waals surface area contributed by atoms with Crippen molar-refractivity contribution in [3.63, 3.8) is 0 Å². The molecule has 1 atom stereocenters. The summed E-state index contributed by atoms with van der Waals surface area (Å²) < 4.78 is 4.35. The summed E-state index contributed by atoms with van der Waals surface area (Å²) in [5, 5.41) is 0. The van der Waals surface area contributed by atoms with Gasteiger partial charge >= 0.3 is 5.97 Å². The van der Waals surface area contributed by atoms with Crippen molar-refractivity contribution in [3.8, 4) is 0 Å². The van der Waals surface area contributed by atoms with E-state index in [-0.39, 0.29) is 12.1 Å². The Morgan fingerprint density at radius 3 is 2.70 bits per heavy atom. The van der Waals surface area contributed by atoms with E-state index in [0.717, 1.165) is 12.8 Å². The second-order valence-electron chi connectivity index (χ2n) is 2.46. The zero-order chi connectivity index (χ0) is 7.78. The Morgan fingerprint density at radius 1 is 1.70 bits per heavy atom. The van der Waals surface area contributed by atoms with E-state index in [0.29, 0.717) is 0 Å². The van der Waals surface area contributed by atoms with E-state index in [9.17, 15) is 4.79 Å². The fraction of sp³-hybridized carbons (Fsp3) is 0.833. The van der Waals surface area contributed by atoms with Gasteiger partial charge in [-0.05, 0) is 19.8 Å². The summed E-state index contributed by atoms with van der Waals surface area (Å²) in [5.74, 6) is -0.216. The Kier molecular flexibility index (Phi) is 2.40. The molecule has 0 aromatic carbocycles. The molecule has 0 spiro atoms. The topological polar surface area (TPSA) is 26.3 Å². The molecule has 1 aliphatic rings. The summed E-state index contributed by atoms with van der Waals surface area (Å²) in [6.07, 6.45) is 1.76. The molecule has 0 N–H and O–H groups in total. The van der Waals surface area contributed by atoms with Crippen molar-refractivity contribution in [2.75, 3.05) is 0 Å². The summed E-state index contributed by atoms with van der Waals surface area (Å²) in [5.41, 5.74) is 0. The van der Waals surface area contributed by atoms with Crippen LogP contribution >= 0.6 is 31.9 Å². The van der Waals surface area contributed by atoms with Crippen molar-refractivity contribution < 1.29 is 9.53 Å². The van der Waals surface area contributed by atoms with Crippen LogP contribution in [-0.4, -0.2) is 15.3 Å².